The van der Waals surface area contributed by atoms with E-state index in [2.05, 4.69) is 5.32 Å². The van der Waals surface area contributed by atoms with Gasteiger partial charge in [0, 0.05) is 11.8 Å². The van der Waals surface area contributed by atoms with Crippen LogP contribution in [0.4, 0.5) is 14.5 Å². The molecule has 0 spiro atoms. The van der Waals surface area contributed by atoms with Gasteiger partial charge in [0.15, 0.2) is 11.6 Å². The Kier molecular flexibility index (Phi) is 4.56. The Bertz CT molecular complexity index is 569. The van der Waals surface area contributed by atoms with Crippen LogP contribution in [0.25, 0.3) is 0 Å². The average molecular weight is 277 g/mol. The van der Waals surface area contributed by atoms with Crippen molar-refractivity contribution in [2.24, 2.45) is 0 Å². The first-order chi connectivity index (χ1) is 9.63. The quantitative estimate of drug-likeness (QED) is 0.866. The molecule has 106 valence electrons. The number of ether oxygens (including phenoxy) is 1. The number of hydrogen-bond donors (Lipinski definition) is 1. The highest BCUT2D eigenvalue weighted by molar-refractivity contribution is 5.49. The molecule has 0 heterocycles. The molecule has 4 heteroatoms. The summed E-state index contributed by atoms with van der Waals surface area (Å²) in [6.45, 7) is 2.01. The van der Waals surface area contributed by atoms with Crippen LogP contribution in [0.3, 0.4) is 0 Å². The molecule has 2 aromatic rings. The lowest BCUT2D eigenvalue weighted by Crippen LogP contribution is -2.10. The molecule has 0 aliphatic carbocycles. The Labute approximate surface area is 117 Å². The van der Waals surface area contributed by atoms with Crippen LogP contribution in [-0.4, -0.2) is 7.11 Å². The van der Waals surface area contributed by atoms with Crippen LogP contribution in [-0.2, 0) is 0 Å². The maximum absolute atomic E-state index is 13.6. The lowest BCUT2D eigenvalue weighted by molar-refractivity contribution is 0.386. The molecule has 0 amide bonds. The molecule has 1 atom stereocenters. The van der Waals surface area contributed by atoms with Crippen molar-refractivity contribution in [3.05, 3.63) is 59.7 Å². The number of hydrogen-bond acceptors (Lipinski definition) is 2. The Morgan fingerprint density at radius 2 is 1.80 bits per heavy atom. The molecule has 0 radical (unpaired) electrons. The zero-order valence-electron chi connectivity index (χ0n) is 11.5. The van der Waals surface area contributed by atoms with Gasteiger partial charge in [-0.05, 0) is 36.2 Å². The normalized spacial score (nSPS) is 12.0. The highest BCUT2D eigenvalue weighted by Crippen LogP contribution is 2.26. The minimum absolute atomic E-state index is 0.00314. The Balaban J connectivity index is 2.17. The molecule has 1 N–H and O–H groups in total. The average Bonchev–Trinajstić information content (AvgIpc) is 2.46. The van der Waals surface area contributed by atoms with Crippen LogP contribution in [0.5, 0.6) is 5.75 Å². The highest BCUT2D eigenvalue weighted by atomic mass is 19.1. The largest absolute Gasteiger partial charge is 0.494 e. The summed E-state index contributed by atoms with van der Waals surface area (Å²) in [5, 5.41) is 3.24. The van der Waals surface area contributed by atoms with Crippen LogP contribution >= 0.6 is 0 Å². The van der Waals surface area contributed by atoms with Crippen molar-refractivity contribution in [2.75, 3.05) is 12.4 Å². The van der Waals surface area contributed by atoms with E-state index in [4.69, 9.17) is 4.74 Å². The molecule has 0 aromatic heterocycles. The standard InChI is InChI=1S/C16H17F2NO/c1-3-15(11-4-6-12(17)7-5-11)19-13-8-9-16(20-2)14(18)10-13/h4-10,15,19H,3H2,1-2H3. The van der Waals surface area contributed by atoms with Gasteiger partial charge in [-0.15, -0.1) is 0 Å². The minimum Gasteiger partial charge on any atom is -0.494 e. The van der Waals surface area contributed by atoms with Crippen molar-refractivity contribution in [1.82, 2.24) is 0 Å². The van der Waals surface area contributed by atoms with Gasteiger partial charge in [-0.1, -0.05) is 19.1 Å². The molecule has 2 nitrogen and oxygen atoms in total. The fourth-order valence-corrected chi connectivity index (χ4v) is 2.07. The molecule has 0 saturated heterocycles. The second-order valence-electron chi connectivity index (χ2n) is 4.51. The summed E-state index contributed by atoms with van der Waals surface area (Å²) in [5.74, 6) is -0.462. The number of nitrogens with one attached hydrogen (secondary N) is 1. The van der Waals surface area contributed by atoms with Crippen molar-refractivity contribution in [3.63, 3.8) is 0 Å². The van der Waals surface area contributed by atoms with Crippen molar-refractivity contribution in [3.8, 4) is 5.75 Å². The third kappa shape index (κ3) is 3.26. The Morgan fingerprint density at radius 3 is 2.35 bits per heavy atom. The molecule has 2 rings (SSSR count). The molecule has 1 unspecified atom stereocenters. The summed E-state index contributed by atoms with van der Waals surface area (Å²) >= 11 is 0. The first kappa shape index (κ1) is 14.3. The van der Waals surface area contributed by atoms with Gasteiger partial charge >= 0.3 is 0 Å². The molecule has 20 heavy (non-hydrogen) atoms. The topological polar surface area (TPSA) is 21.3 Å². The van der Waals surface area contributed by atoms with Crippen LogP contribution in [0, 0.1) is 11.6 Å². The third-order valence-electron chi connectivity index (χ3n) is 3.17. The Morgan fingerprint density at radius 1 is 1.10 bits per heavy atom. The summed E-state index contributed by atoms with van der Waals surface area (Å²) in [7, 11) is 1.43. The van der Waals surface area contributed by atoms with E-state index in [0.717, 1.165) is 12.0 Å². The minimum atomic E-state index is -0.411. The van der Waals surface area contributed by atoms with Gasteiger partial charge in [-0.25, -0.2) is 8.78 Å². The number of rotatable bonds is 5. The van der Waals surface area contributed by atoms with E-state index in [-0.39, 0.29) is 17.6 Å². The predicted octanol–water partition coefficient (Wildman–Crippen LogP) is 4.54. The summed E-state index contributed by atoms with van der Waals surface area (Å²) in [6, 6.07) is 11.0. The Hall–Kier alpha value is -2.10. The monoisotopic (exact) mass is 277 g/mol. The molecule has 0 fully saturated rings. The number of methoxy groups -OCH3 is 1. The van der Waals surface area contributed by atoms with Crippen molar-refractivity contribution in [1.29, 1.82) is 0 Å². The van der Waals surface area contributed by atoms with Gasteiger partial charge in [0.1, 0.15) is 5.82 Å². The molecular formula is C16H17F2NO. The van der Waals surface area contributed by atoms with E-state index in [1.165, 1.54) is 25.3 Å². The first-order valence-electron chi connectivity index (χ1n) is 6.49. The van der Waals surface area contributed by atoms with Gasteiger partial charge in [-0.3, -0.25) is 0 Å². The smallest absolute Gasteiger partial charge is 0.167 e. The van der Waals surface area contributed by atoms with Crippen molar-refractivity contribution >= 4 is 5.69 Å². The van der Waals surface area contributed by atoms with Gasteiger partial charge in [0.2, 0.25) is 0 Å². The van der Waals surface area contributed by atoms with Gasteiger partial charge < -0.3 is 10.1 Å². The lowest BCUT2D eigenvalue weighted by Gasteiger charge is -2.19. The van der Waals surface area contributed by atoms with Crippen LogP contribution < -0.4 is 10.1 Å². The first-order valence-corrected chi connectivity index (χ1v) is 6.49. The molecule has 2 aromatic carbocycles. The molecule has 0 aliphatic rings. The maximum Gasteiger partial charge on any atom is 0.167 e. The zero-order valence-corrected chi connectivity index (χ0v) is 11.5. The zero-order chi connectivity index (χ0) is 14.5. The summed E-state index contributed by atoms with van der Waals surface area (Å²) in [4.78, 5) is 0. The van der Waals surface area contributed by atoms with Gasteiger partial charge in [-0.2, -0.15) is 0 Å². The van der Waals surface area contributed by atoms with E-state index in [9.17, 15) is 8.78 Å². The van der Waals surface area contributed by atoms with Crippen molar-refractivity contribution < 1.29 is 13.5 Å². The number of benzene rings is 2. The van der Waals surface area contributed by atoms with E-state index in [1.807, 2.05) is 6.92 Å². The van der Waals surface area contributed by atoms with E-state index < -0.39 is 5.82 Å². The van der Waals surface area contributed by atoms with Crippen LogP contribution in [0.15, 0.2) is 42.5 Å². The van der Waals surface area contributed by atoms with E-state index >= 15 is 0 Å². The second-order valence-corrected chi connectivity index (χ2v) is 4.51. The van der Waals surface area contributed by atoms with Gasteiger partial charge in [0.05, 0.1) is 13.2 Å². The summed E-state index contributed by atoms with van der Waals surface area (Å²) in [5.41, 5.74) is 1.63. The summed E-state index contributed by atoms with van der Waals surface area (Å²) in [6.07, 6.45) is 0.805. The molecule has 0 saturated carbocycles. The lowest BCUT2D eigenvalue weighted by atomic mass is 10.0. The predicted molar refractivity (Wildman–Crippen MR) is 76.0 cm³/mol. The van der Waals surface area contributed by atoms with Crippen LogP contribution in [0.2, 0.25) is 0 Å². The van der Waals surface area contributed by atoms with E-state index in [1.54, 1.807) is 24.3 Å². The fraction of sp³-hybridized carbons (Fsp3) is 0.250. The maximum atomic E-state index is 13.6. The van der Waals surface area contributed by atoms with Gasteiger partial charge in [0.25, 0.3) is 0 Å². The van der Waals surface area contributed by atoms with Crippen LogP contribution in [0.1, 0.15) is 24.9 Å². The number of halogens is 2. The molecule has 0 bridgehead atoms. The second kappa shape index (κ2) is 6.37. The highest BCUT2D eigenvalue weighted by Gasteiger charge is 2.11. The fourth-order valence-electron chi connectivity index (χ4n) is 2.07. The third-order valence-corrected chi connectivity index (χ3v) is 3.17. The molecular weight excluding hydrogens is 260 g/mol. The van der Waals surface area contributed by atoms with Crippen molar-refractivity contribution in [2.45, 2.75) is 19.4 Å². The molecule has 0 aliphatic heterocycles. The summed E-state index contributed by atoms with van der Waals surface area (Å²) < 4.78 is 31.5. The SMILES string of the molecule is CCC(Nc1ccc(OC)c(F)c1)c1ccc(F)cc1. The number of anilines is 1. The van der Waals surface area contributed by atoms with E-state index in [0.29, 0.717) is 5.69 Å².